The third-order valence-electron chi connectivity index (χ3n) is 3.20. The number of thiazole rings is 1. The number of nitrogens with zero attached hydrogens (tertiary/aromatic N) is 2. The number of hydrogen-bond donors (Lipinski definition) is 1. The van der Waals surface area contributed by atoms with E-state index in [1.807, 2.05) is 17.5 Å². The zero-order chi connectivity index (χ0) is 17.6. The molecule has 1 aromatic carbocycles. The molecule has 0 aliphatic carbocycles. The third-order valence-corrected chi connectivity index (χ3v) is 4.69. The number of nitrogens with one attached hydrogen (secondary N) is 1. The average Bonchev–Trinajstić information content (AvgIpc) is 3.10. The largest absolute Gasteiger partial charge is 0.482 e. The fraction of sp³-hybridized carbons (Fsp3) is 0.118. The highest BCUT2D eigenvalue weighted by Crippen LogP contribution is 2.27. The molecule has 3 rings (SSSR count). The molecule has 0 atom stereocenters. The summed E-state index contributed by atoms with van der Waals surface area (Å²) in [4.78, 5) is 20.4. The van der Waals surface area contributed by atoms with Crippen LogP contribution in [0.1, 0.15) is 5.69 Å². The first-order valence-electron chi connectivity index (χ1n) is 7.31. The molecule has 0 saturated carbocycles. The zero-order valence-electron chi connectivity index (χ0n) is 12.9. The molecule has 25 heavy (non-hydrogen) atoms. The molecule has 0 saturated heterocycles. The predicted octanol–water partition coefficient (Wildman–Crippen LogP) is 4.21. The van der Waals surface area contributed by atoms with Crippen molar-refractivity contribution >= 4 is 40.4 Å². The monoisotopic (exact) mass is 393 g/mol. The summed E-state index contributed by atoms with van der Waals surface area (Å²) in [5.41, 5.74) is 1.78. The van der Waals surface area contributed by atoms with Gasteiger partial charge in [0.15, 0.2) is 6.61 Å². The molecule has 1 amide bonds. The highest BCUT2D eigenvalue weighted by Gasteiger charge is 2.09. The molecular formula is C17H13Cl2N3O2S. The number of carbonyl (C=O) groups is 1. The van der Waals surface area contributed by atoms with Crippen molar-refractivity contribution in [2.24, 2.45) is 0 Å². The van der Waals surface area contributed by atoms with Gasteiger partial charge >= 0.3 is 0 Å². The molecule has 0 radical (unpaired) electrons. The minimum atomic E-state index is -0.269. The van der Waals surface area contributed by atoms with Gasteiger partial charge in [-0.15, -0.1) is 11.3 Å². The van der Waals surface area contributed by atoms with Crippen molar-refractivity contribution in [3.05, 3.63) is 63.8 Å². The molecule has 0 aliphatic rings. The van der Waals surface area contributed by atoms with E-state index >= 15 is 0 Å². The topological polar surface area (TPSA) is 64.1 Å². The van der Waals surface area contributed by atoms with E-state index in [0.29, 0.717) is 22.3 Å². The number of pyridine rings is 1. The summed E-state index contributed by atoms with van der Waals surface area (Å²) in [6.45, 7) is 0.175. The Bertz CT molecular complexity index is 871. The van der Waals surface area contributed by atoms with Crippen LogP contribution in [0.25, 0.3) is 10.6 Å². The Hall–Kier alpha value is -2.15. The molecule has 2 aromatic heterocycles. The van der Waals surface area contributed by atoms with Crippen LogP contribution >= 0.6 is 34.5 Å². The Morgan fingerprint density at radius 2 is 2.00 bits per heavy atom. The molecule has 3 aromatic rings. The number of amides is 1. The van der Waals surface area contributed by atoms with Gasteiger partial charge in [-0.3, -0.25) is 9.78 Å². The van der Waals surface area contributed by atoms with E-state index in [9.17, 15) is 4.79 Å². The zero-order valence-corrected chi connectivity index (χ0v) is 15.2. The first-order chi connectivity index (χ1) is 12.1. The van der Waals surface area contributed by atoms with E-state index in [2.05, 4.69) is 15.3 Å². The molecule has 5 nitrogen and oxygen atoms in total. The van der Waals surface area contributed by atoms with Crippen molar-refractivity contribution in [2.45, 2.75) is 6.54 Å². The minimum absolute atomic E-state index is 0.151. The van der Waals surface area contributed by atoms with Gasteiger partial charge in [-0.05, 0) is 24.3 Å². The SMILES string of the molecule is O=C(COc1cc(Cl)ccc1Cl)NCc1csc(-c2ccncc2)n1. The third kappa shape index (κ3) is 4.92. The lowest BCUT2D eigenvalue weighted by atomic mass is 10.3. The molecule has 0 bridgehead atoms. The quantitative estimate of drug-likeness (QED) is 0.681. The smallest absolute Gasteiger partial charge is 0.258 e. The van der Waals surface area contributed by atoms with E-state index in [4.69, 9.17) is 27.9 Å². The molecule has 0 spiro atoms. The highest BCUT2D eigenvalue weighted by atomic mass is 35.5. The van der Waals surface area contributed by atoms with Crippen molar-refractivity contribution in [3.8, 4) is 16.3 Å². The van der Waals surface area contributed by atoms with Crippen LogP contribution in [-0.4, -0.2) is 22.5 Å². The fourth-order valence-electron chi connectivity index (χ4n) is 1.99. The van der Waals surface area contributed by atoms with E-state index in [1.165, 1.54) is 11.3 Å². The molecule has 128 valence electrons. The fourth-order valence-corrected chi connectivity index (χ4v) is 3.15. The van der Waals surface area contributed by atoms with Gasteiger partial charge in [0.25, 0.3) is 5.91 Å². The van der Waals surface area contributed by atoms with E-state index in [0.717, 1.165) is 16.3 Å². The lowest BCUT2D eigenvalue weighted by Gasteiger charge is -2.08. The van der Waals surface area contributed by atoms with E-state index in [1.54, 1.807) is 30.6 Å². The van der Waals surface area contributed by atoms with Crippen LogP contribution in [0.5, 0.6) is 5.75 Å². The Morgan fingerprint density at radius 1 is 1.20 bits per heavy atom. The maximum absolute atomic E-state index is 11.9. The Labute approximate surface area is 158 Å². The van der Waals surface area contributed by atoms with Crippen LogP contribution in [0.2, 0.25) is 10.0 Å². The standard InChI is InChI=1S/C17H13Cl2N3O2S/c18-12-1-2-14(19)15(7-12)24-9-16(23)21-8-13-10-25-17(22-13)11-3-5-20-6-4-11/h1-7,10H,8-9H2,(H,21,23). The number of rotatable bonds is 6. The van der Waals surface area contributed by atoms with Gasteiger partial charge in [-0.25, -0.2) is 4.98 Å². The van der Waals surface area contributed by atoms with Crippen molar-refractivity contribution in [1.82, 2.24) is 15.3 Å². The number of hydrogen-bond acceptors (Lipinski definition) is 5. The van der Waals surface area contributed by atoms with Crippen LogP contribution in [0.4, 0.5) is 0 Å². The number of aromatic nitrogens is 2. The van der Waals surface area contributed by atoms with Gasteiger partial charge in [-0.1, -0.05) is 23.2 Å². The minimum Gasteiger partial charge on any atom is -0.482 e. The normalized spacial score (nSPS) is 10.5. The molecule has 2 heterocycles. The molecule has 8 heteroatoms. The first-order valence-corrected chi connectivity index (χ1v) is 8.95. The number of halogens is 2. The molecule has 0 unspecified atom stereocenters. The summed E-state index contributed by atoms with van der Waals surface area (Å²) in [5, 5.41) is 6.44. The van der Waals surface area contributed by atoms with Gasteiger partial charge < -0.3 is 10.1 Å². The van der Waals surface area contributed by atoms with Gasteiger partial charge in [0, 0.05) is 34.4 Å². The van der Waals surface area contributed by atoms with Crippen LogP contribution < -0.4 is 10.1 Å². The maximum atomic E-state index is 11.9. The van der Waals surface area contributed by atoms with Gasteiger partial charge in [0.05, 0.1) is 17.3 Å². The predicted molar refractivity (Wildman–Crippen MR) is 99.1 cm³/mol. The summed E-state index contributed by atoms with van der Waals surface area (Å²) in [5.74, 6) is 0.104. The summed E-state index contributed by atoms with van der Waals surface area (Å²) >= 11 is 13.4. The number of carbonyl (C=O) groups excluding carboxylic acids is 1. The Balaban J connectivity index is 1.51. The van der Waals surface area contributed by atoms with E-state index < -0.39 is 0 Å². The van der Waals surface area contributed by atoms with Crippen LogP contribution in [0.3, 0.4) is 0 Å². The van der Waals surface area contributed by atoms with Crippen LogP contribution in [-0.2, 0) is 11.3 Å². The number of benzene rings is 1. The molecule has 0 aliphatic heterocycles. The van der Waals surface area contributed by atoms with Gasteiger partial charge in [-0.2, -0.15) is 0 Å². The Morgan fingerprint density at radius 3 is 2.80 bits per heavy atom. The van der Waals surface area contributed by atoms with Crippen molar-refractivity contribution in [3.63, 3.8) is 0 Å². The van der Waals surface area contributed by atoms with Gasteiger partial charge in [0.1, 0.15) is 10.8 Å². The number of ether oxygens (including phenoxy) is 1. The molecule has 1 N–H and O–H groups in total. The first kappa shape index (κ1) is 17.7. The maximum Gasteiger partial charge on any atom is 0.258 e. The summed E-state index contributed by atoms with van der Waals surface area (Å²) in [6.07, 6.45) is 3.44. The highest BCUT2D eigenvalue weighted by molar-refractivity contribution is 7.13. The summed E-state index contributed by atoms with van der Waals surface area (Å²) < 4.78 is 5.39. The lowest BCUT2D eigenvalue weighted by molar-refractivity contribution is -0.123. The summed E-state index contributed by atoms with van der Waals surface area (Å²) in [6, 6.07) is 8.62. The average molecular weight is 394 g/mol. The van der Waals surface area contributed by atoms with Crippen molar-refractivity contribution in [2.75, 3.05) is 6.61 Å². The van der Waals surface area contributed by atoms with E-state index in [-0.39, 0.29) is 12.5 Å². The van der Waals surface area contributed by atoms with Crippen LogP contribution in [0.15, 0.2) is 48.1 Å². The van der Waals surface area contributed by atoms with Gasteiger partial charge in [0.2, 0.25) is 0 Å². The molecule has 0 fully saturated rings. The second-order valence-corrected chi connectivity index (χ2v) is 6.72. The Kier molecular flexibility index (Phi) is 5.86. The molecular weight excluding hydrogens is 381 g/mol. The van der Waals surface area contributed by atoms with Crippen molar-refractivity contribution in [1.29, 1.82) is 0 Å². The second kappa shape index (κ2) is 8.29. The lowest BCUT2D eigenvalue weighted by Crippen LogP contribution is -2.28. The summed E-state index contributed by atoms with van der Waals surface area (Å²) in [7, 11) is 0. The second-order valence-electron chi connectivity index (χ2n) is 5.02. The van der Waals surface area contributed by atoms with Crippen molar-refractivity contribution < 1.29 is 9.53 Å². The van der Waals surface area contributed by atoms with Crippen LogP contribution in [0, 0.1) is 0 Å².